The third-order valence-electron chi connectivity index (χ3n) is 5.12. The Morgan fingerprint density at radius 2 is 1.90 bits per heavy atom. The Balaban J connectivity index is 1.61. The first-order valence-electron chi connectivity index (χ1n) is 9.65. The number of aliphatic imine (C=N–C) groups is 1. The van der Waals surface area contributed by atoms with E-state index in [9.17, 15) is 14.4 Å². The SMILES string of the molecule is CCC(=NCc1ccc2c(c1)OCO2)C1C(=O)NC(=O)N(c2ccccc2C)C1=O. The van der Waals surface area contributed by atoms with Crippen molar-refractivity contribution in [1.82, 2.24) is 5.32 Å². The molecule has 0 radical (unpaired) electrons. The summed E-state index contributed by atoms with van der Waals surface area (Å²) in [4.78, 5) is 43.7. The van der Waals surface area contributed by atoms with Crippen molar-refractivity contribution in [3.8, 4) is 11.5 Å². The summed E-state index contributed by atoms with van der Waals surface area (Å²) in [7, 11) is 0. The van der Waals surface area contributed by atoms with E-state index in [2.05, 4.69) is 10.3 Å². The number of urea groups is 1. The van der Waals surface area contributed by atoms with Gasteiger partial charge in [0.25, 0.3) is 5.91 Å². The molecule has 1 unspecified atom stereocenters. The van der Waals surface area contributed by atoms with E-state index >= 15 is 0 Å². The van der Waals surface area contributed by atoms with Crippen molar-refractivity contribution in [3.05, 3.63) is 53.6 Å². The Labute approximate surface area is 173 Å². The Bertz CT molecular complexity index is 1060. The van der Waals surface area contributed by atoms with Gasteiger partial charge in [-0.25, -0.2) is 9.69 Å². The standard InChI is InChI=1S/C22H21N3O5/c1-3-15(23-11-14-8-9-17-18(10-14)30-12-29-17)19-20(26)24-22(28)25(21(19)27)16-7-5-4-6-13(16)2/h4-10,19H,3,11-12H2,1-2H3,(H,24,26,28). The van der Waals surface area contributed by atoms with Gasteiger partial charge in [0.15, 0.2) is 17.4 Å². The summed E-state index contributed by atoms with van der Waals surface area (Å²) >= 11 is 0. The highest BCUT2D eigenvalue weighted by molar-refractivity contribution is 6.35. The molecule has 1 atom stereocenters. The molecule has 4 amide bonds. The predicted octanol–water partition coefficient (Wildman–Crippen LogP) is 2.97. The summed E-state index contributed by atoms with van der Waals surface area (Å²) in [5.41, 5.74) is 2.48. The van der Waals surface area contributed by atoms with Crippen LogP contribution in [0, 0.1) is 12.8 Å². The smallest absolute Gasteiger partial charge is 0.335 e. The van der Waals surface area contributed by atoms with E-state index in [0.717, 1.165) is 16.0 Å². The normalized spacial score (nSPS) is 18.6. The zero-order valence-corrected chi connectivity index (χ0v) is 16.7. The first-order valence-corrected chi connectivity index (χ1v) is 9.65. The quantitative estimate of drug-likeness (QED) is 0.607. The van der Waals surface area contributed by atoms with Gasteiger partial charge in [0, 0.05) is 5.71 Å². The van der Waals surface area contributed by atoms with Crippen molar-refractivity contribution >= 4 is 29.2 Å². The number of carbonyl (C=O) groups is 3. The lowest BCUT2D eigenvalue weighted by Gasteiger charge is -2.31. The van der Waals surface area contributed by atoms with Gasteiger partial charge in [-0.15, -0.1) is 0 Å². The molecule has 2 heterocycles. The van der Waals surface area contributed by atoms with Crippen LogP contribution in [0.2, 0.25) is 0 Å². The number of aryl methyl sites for hydroxylation is 1. The Hall–Kier alpha value is -3.68. The minimum Gasteiger partial charge on any atom is -0.454 e. The summed E-state index contributed by atoms with van der Waals surface area (Å²) in [5, 5.41) is 2.29. The van der Waals surface area contributed by atoms with E-state index in [1.807, 2.05) is 25.1 Å². The first-order chi connectivity index (χ1) is 14.5. The highest BCUT2D eigenvalue weighted by Gasteiger charge is 2.43. The number of nitrogens with zero attached hydrogens (tertiary/aromatic N) is 2. The molecular formula is C22H21N3O5. The van der Waals surface area contributed by atoms with Gasteiger partial charge in [0.05, 0.1) is 12.2 Å². The molecule has 1 fully saturated rings. The lowest BCUT2D eigenvalue weighted by atomic mass is 9.95. The van der Waals surface area contributed by atoms with Crippen molar-refractivity contribution in [3.63, 3.8) is 0 Å². The number of imide groups is 2. The number of rotatable bonds is 5. The summed E-state index contributed by atoms with van der Waals surface area (Å²) in [6, 6.07) is 11.8. The van der Waals surface area contributed by atoms with E-state index in [1.165, 1.54) is 0 Å². The Morgan fingerprint density at radius 1 is 1.13 bits per heavy atom. The molecule has 8 nitrogen and oxygen atoms in total. The maximum Gasteiger partial charge on any atom is 0.335 e. The fourth-order valence-electron chi connectivity index (χ4n) is 3.55. The van der Waals surface area contributed by atoms with E-state index in [1.54, 1.807) is 31.2 Å². The molecular weight excluding hydrogens is 386 g/mol. The second-order valence-corrected chi connectivity index (χ2v) is 7.04. The van der Waals surface area contributed by atoms with Crippen molar-refractivity contribution in [2.45, 2.75) is 26.8 Å². The summed E-state index contributed by atoms with van der Waals surface area (Å²) in [5.74, 6) is -1.08. The molecule has 2 aromatic rings. The fraction of sp³-hybridized carbons (Fsp3) is 0.273. The molecule has 0 aliphatic carbocycles. The highest BCUT2D eigenvalue weighted by Crippen LogP contribution is 2.33. The minimum atomic E-state index is -1.15. The summed E-state index contributed by atoms with van der Waals surface area (Å²) < 4.78 is 10.7. The monoisotopic (exact) mass is 407 g/mol. The number of hydrogen-bond donors (Lipinski definition) is 1. The molecule has 2 aliphatic heterocycles. The van der Waals surface area contributed by atoms with Crippen LogP contribution in [0.4, 0.5) is 10.5 Å². The van der Waals surface area contributed by atoms with Gasteiger partial charge in [-0.05, 0) is 42.7 Å². The molecule has 0 aromatic heterocycles. The molecule has 154 valence electrons. The summed E-state index contributed by atoms with van der Waals surface area (Å²) in [6.07, 6.45) is 0.393. The van der Waals surface area contributed by atoms with Crippen molar-refractivity contribution in [1.29, 1.82) is 0 Å². The Morgan fingerprint density at radius 3 is 2.67 bits per heavy atom. The second kappa shape index (κ2) is 7.98. The molecule has 0 saturated carbocycles. The minimum absolute atomic E-state index is 0.182. The lowest BCUT2D eigenvalue weighted by Crippen LogP contribution is -2.60. The maximum absolute atomic E-state index is 13.2. The number of hydrogen-bond acceptors (Lipinski definition) is 6. The molecule has 30 heavy (non-hydrogen) atoms. The molecule has 0 bridgehead atoms. The van der Waals surface area contributed by atoms with Crippen LogP contribution in [0.15, 0.2) is 47.5 Å². The van der Waals surface area contributed by atoms with Gasteiger partial charge in [0.1, 0.15) is 0 Å². The highest BCUT2D eigenvalue weighted by atomic mass is 16.7. The molecule has 0 spiro atoms. The number of nitrogens with one attached hydrogen (secondary N) is 1. The largest absolute Gasteiger partial charge is 0.454 e. The van der Waals surface area contributed by atoms with E-state index < -0.39 is 23.8 Å². The zero-order valence-electron chi connectivity index (χ0n) is 16.7. The molecule has 8 heteroatoms. The fourth-order valence-corrected chi connectivity index (χ4v) is 3.55. The third-order valence-corrected chi connectivity index (χ3v) is 5.12. The number of anilines is 1. The van der Waals surface area contributed by atoms with Crippen LogP contribution in [-0.2, 0) is 16.1 Å². The number of amides is 4. The first kappa shape index (κ1) is 19.6. The van der Waals surface area contributed by atoms with Crippen molar-refractivity contribution in [2.75, 3.05) is 11.7 Å². The molecule has 2 aliphatic rings. The van der Waals surface area contributed by atoms with Gasteiger partial charge < -0.3 is 9.47 Å². The van der Waals surface area contributed by atoms with E-state index in [-0.39, 0.29) is 13.3 Å². The Kier molecular flexibility index (Phi) is 5.22. The van der Waals surface area contributed by atoms with Crippen LogP contribution in [0.1, 0.15) is 24.5 Å². The topological polar surface area (TPSA) is 97.3 Å². The average molecular weight is 407 g/mol. The van der Waals surface area contributed by atoms with Crippen LogP contribution < -0.4 is 19.7 Å². The van der Waals surface area contributed by atoms with Crippen molar-refractivity contribution in [2.24, 2.45) is 10.9 Å². The van der Waals surface area contributed by atoms with Gasteiger partial charge in [-0.2, -0.15) is 0 Å². The average Bonchev–Trinajstić information content (AvgIpc) is 3.19. The number of para-hydroxylation sites is 1. The van der Waals surface area contributed by atoms with Crippen LogP contribution in [-0.4, -0.2) is 30.4 Å². The van der Waals surface area contributed by atoms with Crippen LogP contribution in [0.5, 0.6) is 11.5 Å². The second-order valence-electron chi connectivity index (χ2n) is 7.04. The van der Waals surface area contributed by atoms with E-state index in [4.69, 9.17) is 9.47 Å². The third kappa shape index (κ3) is 3.52. The molecule has 4 rings (SSSR count). The molecule has 1 saturated heterocycles. The van der Waals surface area contributed by atoms with Crippen LogP contribution >= 0.6 is 0 Å². The van der Waals surface area contributed by atoms with Gasteiger partial charge in [-0.3, -0.25) is 19.9 Å². The zero-order chi connectivity index (χ0) is 21.3. The number of barbiturate groups is 1. The number of fused-ring (bicyclic) bond motifs is 1. The van der Waals surface area contributed by atoms with Gasteiger partial charge >= 0.3 is 6.03 Å². The van der Waals surface area contributed by atoms with Gasteiger partial charge in [-0.1, -0.05) is 31.2 Å². The van der Waals surface area contributed by atoms with Crippen molar-refractivity contribution < 1.29 is 23.9 Å². The predicted molar refractivity (Wildman–Crippen MR) is 110 cm³/mol. The molecule has 1 N–H and O–H groups in total. The van der Waals surface area contributed by atoms with Crippen LogP contribution in [0.25, 0.3) is 0 Å². The van der Waals surface area contributed by atoms with Gasteiger partial charge in [0.2, 0.25) is 12.7 Å². The van der Waals surface area contributed by atoms with E-state index in [0.29, 0.717) is 29.3 Å². The number of ether oxygens (including phenoxy) is 2. The van der Waals surface area contributed by atoms with Crippen LogP contribution in [0.3, 0.4) is 0 Å². The number of carbonyl (C=O) groups excluding carboxylic acids is 3. The lowest BCUT2D eigenvalue weighted by molar-refractivity contribution is -0.131. The molecule has 2 aromatic carbocycles. The maximum atomic E-state index is 13.2. The number of benzene rings is 2. The summed E-state index contributed by atoms with van der Waals surface area (Å²) in [6.45, 7) is 4.08.